The van der Waals surface area contributed by atoms with Crippen molar-refractivity contribution in [2.75, 3.05) is 17.7 Å². The van der Waals surface area contributed by atoms with Crippen LogP contribution in [0.15, 0.2) is 43.0 Å². The van der Waals surface area contributed by atoms with Gasteiger partial charge in [0, 0.05) is 43.2 Å². The molecule has 3 aromatic heterocycles. The second-order valence-electron chi connectivity index (χ2n) is 7.09. The molecule has 0 aromatic carbocycles. The number of hydrogen-bond acceptors (Lipinski definition) is 8. The smallest absolute Gasteiger partial charge is 0.228 e. The maximum absolute atomic E-state index is 12.5. The second kappa shape index (κ2) is 8.86. The van der Waals surface area contributed by atoms with Crippen LogP contribution < -0.4 is 15.4 Å². The van der Waals surface area contributed by atoms with Gasteiger partial charge in [0.1, 0.15) is 5.82 Å². The van der Waals surface area contributed by atoms with E-state index in [-0.39, 0.29) is 17.6 Å². The topological polar surface area (TPSA) is 119 Å². The van der Waals surface area contributed by atoms with Gasteiger partial charge < -0.3 is 15.4 Å². The Hall–Kier alpha value is -3.88. The number of rotatable bonds is 8. The number of pyridine rings is 2. The standard InChI is InChI=1S/C22H22N6O3/c1-3-17(29)15-12-26-18(28-22(30)13-5-6-13)11-16(15)27-21-19(31-2)14(7-10-25-21)20-23-8-4-9-24-20/h4,7-13H,3,5-6H2,1-2H3,(H2,25,26,27,28,30). The van der Waals surface area contributed by atoms with Crippen LogP contribution >= 0.6 is 0 Å². The minimum absolute atomic E-state index is 0.0412. The lowest BCUT2D eigenvalue weighted by Crippen LogP contribution is -2.15. The molecule has 1 aliphatic carbocycles. The van der Waals surface area contributed by atoms with Gasteiger partial charge >= 0.3 is 0 Å². The number of amides is 1. The first-order valence-corrected chi connectivity index (χ1v) is 10.0. The maximum Gasteiger partial charge on any atom is 0.228 e. The summed E-state index contributed by atoms with van der Waals surface area (Å²) in [5.74, 6) is 1.57. The number of nitrogens with zero attached hydrogens (tertiary/aromatic N) is 4. The van der Waals surface area contributed by atoms with Crippen LogP contribution in [0.25, 0.3) is 11.4 Å². The summed E-state index contributed by atoms with van der Waals surface area (Å²) in [4.78, 5) is 41.8. The molecule has 2 N–H and O–H groups in total. The van der Waals surface area contributed by atoms with Gasteiger partial charge in [-0.1, -0.05) is 6.92 Å². The highest BCUT2D eigenvalue weighted by molar-refractivity contribution is 6.02. The summed E-state index contributed by atoms with van der Waals surface area (Å²) in [5.41, 5.74) is 1.53. The normalized spacial score (nSPS) is 12.8. The van der Waals surface area contributed by atoms with E-state index in [1.807, 2.05) is 0 Å². The third-order valence-electron chi connectivity index (χ3n) is 4.89. The quantitative estimate of drug-likeness (QED) is 0.532. The first kappa shape index (κ1) is 20.4. The summed E-state index contributed by atoms with van der Waals surface area (Å²) in [7, 11) is 1.53. The van der Waals surface area contributed by atoms with Crippen LogP contribution in [0.2, 0.25) is 0 Å². The number of carbonyl (C=O) groups excluding carboxylic acids is 2. The Balaban J connectivity index is 1.71. The third kappa shape index (κ3) is 4.50. The molecule has 3 heterocycles. The lowest BCUT2D eigenvalue weighted by molar-refractivity contribution is -0.117. The van der Waals surface area contributed by atoms with Crippen LogP contribution in [0, 0.1) is 5.92 Å². The van der Waals surface area contributed by atoms with Crippen LogP contribution in [-0.4, -0.2) is 38.7 Å². The molecule has 1 aliphatic rings. The van der Waals surface area contributed by atoms with Crippen molar-refractivity contribution in [3.8, 4) is 17.1 Å². The van der Waals surface area contributed by atoms with Gasteiger partial charge in [0.25, 0.3) is 0 Å². The van der Waals surface area contributed by atoms with E-state index in [2.05, 4.69) is 30.6 Å². The predicted octanol–water partition coefficient (Wildman–Crippen LogP) is 3.63. The number of nitrogens with one attached hydrogen (secondary N) is 2. The van der Waals surface area contributed by atoms with E-state index in [0.29, 0.717) is 46.4 Å². The van der Waals surface area contributed by atoms with E-state index >= 15 is 0 Å². The summed E-state index contributed by atoms with van der Waals surface area (Å²) < 4.78 is 5.59. The Morgan fingerprint density at radius 1 is 1.13 bits per heavy atom. The van der Waals surface area contributed by atoms with Gasteiger partial charge in [0.05, 0.1) is 23.9 Å². The molecule has 1 saturated carbocycles. The molecule has 0 aliphatic heterocycles. The van der Waals surface area contributed by atoms with Crippen LogP contribution in [-0.2, 0) is 4.79 Å². The number of carbonyl (C=O) groups is 2. The van der Waals surface area contributed by atoms with Gasteiger partial charge in [-0.3, -0.25) is 9.59 Å². The Morgan fingerprint density at radius 3 is 2.58 bits per heavy atom. The average molecular weight is 418 g/mol. The average Bonchev–Trinajstić information content (AvgIpc) is 3.65. The van der Waals surface area contributed by atoms with Gasteiger partial charge in [-0.2, -0.15) is 0 Å². The molecule has 9 nitrogen and oxygen atoms in total. The van der Waals surface area contributed by atoms with Gasteiger partial charge in [-0.25, -0.2) is 19.9 Å². The van der Waals surface area contributed by atoms with E-state index < -0.39 is 0 Å². The largest absolute Gasteiger partial charge is 0.492 e. The fraction of sp³-hybridized carbons (Fsp3) is 0.273. The molecular weight excluding hydrogens is 396 g/mol. The second-order valence-corrected chi connectivity index (χ2v) is 7.09. The minimum atomic E-state index is -0.0865. The fourth-order valence-corrected chi connectivity index (χ4v) is 3.10. The molecule has 0 spiro atoms. The number of ether oxygens (including phenoxy) is 1. The van der Waals surface area contributed by atoms with Crippen molar-refractivity contribution in [2.24, 2.45) is 5.92 Å². The molecule has 1 amide bonds. The Kier molecular flexibility index (Phi) is 5.83. The van der Waals surface area contributed by atoms with Crippen molar-refractivity contribution >= 4 is 29.0 Å². The summed E-state index contributed by atoms with van der Waals surface area (Å²) in [6, 6.07) is 5.12. The fourth-order valence-electron chi connectivity index (χ4n) is 3.10. The summed E-state index contributed by atoms with van der Waals surface area (Å²) in [6.07, 6.45) is 8.45. The maximum atomic E-state index is 12.5. The van der Waals surface area contributed by atoms with E-state index in [1.165, 1.54) is 13.3 Å². The predicted molar refractivity (Wildman–Crippen MR) is 115 cm³/mol. The number of Topliss-reactive ketones (excluding diaryl/α,β-unsaturated/α-hetero) is 1. The molecule has 4 rings (SSSR count). The molecule has 0 saturated heterocycles. The molecule has 0 atom stereocenters. The number of anilines is 3. The van der Waals surface area contributed by atoms with E-state index in [1.54, 1.807) is 43.7 Å². The van der Waals surface area contributed by atoms with Gasteiger partial charge in [0.2, 0.25) is 5.91 Å². The highest BCUT2D eigenvalue weighted by atomic mass is 16.5. The van der Waals surface area contributed by atoms with Crippen LogP contribution in [0.3, 0.4) is 0 Å². The molecule has 9 heteroatoms. The molecule has 0 bridgehead atoms. The van der Waals surface area contributed by atoms with Crippen molar-refractivity contribution in [2.45, 2.75) is 26.2 Å². The first-order valence-electron chi connectivity index (χ1n) is 10.0. The zero-order chi connectivity index (χ0) is 21.8. The third-order valence-corrected chi connectivity index (χ3v) is 4.89. The highest BCUT2D eigenvalue weighted by Gasteiger charge is 2.30. The SMILES string of the molecule is CCC(=O)c1cnc(NC(=O)C2CC2)cc1Nc1nccc(-c2ncccn2)c1OC. The molecule has 31 heavy (non-hydrogen) atoms. The molecule has 3 aromatic rings. The number of aromatic nitrogens is 4. The van der Waals surface area contributed by atoms with Crippen molar-refractivity contribution in [1.29, 1.82) is 0 Å². The summed E-state index contributed by atoms with van der Waals surface area (Å²) >= 11 is 0. The summed E-state index contributed by atoms with van der Waals surface area (Å²) in [6.45, 7) is 1.78. The Labute approximate surface area is 179 Å². The van der Waals surface area contributed by atoms with Crippen molar-refractivity contribution in [3.05, 3.63) is 48.5 Å². The van der Waals surface area contributed by atoms with Crippen LogP contribution in [0.5, 0.6) is 5.75 Å². The van der Waals surface area contributed by atoms with Crippen molar-refractivity contribution in [1.82, 2.24) is 19.9 Å². The monoisotopic (exact) mass is 418 g/mol. The summed E-state index contributed by atoms with van der Waals surface area (Å²) in [5, 5.41) is 5.98. The molecular formula is C22H22N6O3. The molecule has 1 fully saturated rings. The van der Waals surface area contributed by atoms with Crippen LogP contribution in [0.4, 0.5) is 17.3 Å². The van der Waals surface area contributed by atoms with Gasteiger partial charge in [0.15, 0.2) is 23.2 Å². The number of methoxy groups -OCH3 is 1. The van der Waals surface area contributed by atoms with E-state index in [9.17, 15) is 9.59 Å². The first-order chi connectivity index (χ1) is 15.1. The lowest BCUT2D eigenvalue weighted by atomic mass is 10.1. The molecule has 158 valence electrons. The van der Waals surface area contributed by atoms with Crippen molar-refractivity contribution < 1.29 is 14.3 Å². The zero-order valence-corrected chi connectivity index (χ0v) is 17.3. The number of ketones is 1. The number of hydrogen-bond donors (Lipinski definition) is 2. The van der Waals surface area contributed by atoms with Crippen LogP contribution in [0.1, 0.15) is 36.5 Å². The van der Waals surface area contributed by atoms with E-state index in [4.69, 9.17) is 4.74 Å². The zero-order valence-electron chi connectivity index (χ0n) is 17.3. The molecule has 0 unspecified atom stereocenters. The van der Waals surface area contributed by atoms with E-state index in [0.717, 1.165) is 12.8 Å². The Morgan fingerprint density at radius 2 is 1.90 bits per heavy atom. The molecule has 0 radical (unpaired) electrons. The van der Waals surface area contributed by atoms with Crippen molar-refractivity contribution in [3.63, 3.8) is 0 Å². The minimum Gasteiger partial charge on any atom is -0.492 e. The lowest BCUT2D eigenvalue weighted by Gasteiger charge is -2.16. The Bertz CT molecular complexity index is 1120. The van der Waals surface area contributed by atoms with Gasteiger partial charge in [-0.15, -0.1) is 0 Å². The highest BCUT2D eigenvalue weighted by Crippen LogP contribution is 2.36. The van der Waals surface area contributed by atoms with Gasteiger partial charge in [-0.05, 0) is 25.0 Å².